The van der Waals surface area contributed by atoms with Gasteiger partial charge in [-0.3, -0.25) is 0 Å². The number of nitrogens with two attached hydrogens (primary N) is 1. The number of amides is 1. The van der Waals surface area contributed by atoms with Crippen LogP contribution in [0.25, 0.3) is 0 Å². The van der Waals surface area contributed by atoms with Gasteiger partial charge in [-0.05, 0) is 56.2 Å². The Morgan fingerprint density at radius 2 is 1.39 bits per heavy atom. The third-order valence-corrected chi connectivity index (χ3v) is 7.73. The van der Waals surface area contributed by atoms with Crippen LogP contribution in [0.1, 0.15) is 44.1 Å². The van der Waals surface area contributed by atoms with Crippen molar-refractivity contribution in [2.45, 2.75) is 38.6 Å². The summed E-state index contributed by atoms with van der Waals surface area (Å²) in [5.74, 6) is 1.61. The van der Waals surface area contributed by atoms with Gasteiger partial charge in [0.25, 0.3) is 0 Å². The molecule has 0 spiro atoms. The molecule has 16 heteroatoms. The molecule has 41 heavy (non-hydrogen) atoms. The first-order valence-corrected chi connectivity index (χ1v) is 14.4. The van der Waals surface area contributed by atoms with Crippen molar-refractivity contribution in [3.05, 3.63) is 44.3 Å². The van der Waals surface area contributed by atoms with Crippen LogP contribution in [-0.2, 0) is 23.4 Å². The quantitative estimate of drug-likeness (QED) is 0.456. The van der Waals surface area contributed by atoms with Crippen molar-refractivity contribution >= 4 is 87.9 Å². The van der Waals surface area contributed by atoms with E-state index < -0.39 is 18.8 Å². The SMILES string of the molecule is CC(C)(C)OC(=O)NCC1OB2OCCOc3ccc(Br)c1c32.Cl.Cl.NCC1OB2OCCOc3ccc(Br)c1c32. The van der Waals surface area contributed by atoms with Crippen LogP contribution in [0.15, 0.2) is 33.2 Å². The molecular weight excluding hydrogens is 709 g/mol. The van der Waals surface area contributed by atoms with Gasteiger partial charge >= 0.3 is 20.3 Å². The number of carbonyl (C=O) groups excluding carboxylic acids is 1. The van der Waals surface area contributed by atoms with E-state index in [-0.39, 0.29) is 44.1 Å². The molecule has 0 fully saturated rings. The zero-order valence-corrected chi connectivity index (χ0v) is 27.6. The molecule has 4 aliphatic rings. The second-order valence-electron chi connectivity index (χ2n) is 10.2. The Labute approximate surface area is 269 Å². The Morgan fingerprint density at radius 1 is 0.902 bits per heavy atom. The fourth-order valence-electron chi connectivity index (χ4n) is 4.82. The summed E-state index contributed by atoms with van der Waals surface area (Å²) in [5, 5.41) is 2.75. The zero-order valence-electron chi connectivity index (χ0n) is 22.8. The maximum absolute atomic E-state index is 11.8. The van der Waals surface area contributed by atoms with Crippen LogP contribution in [0.4, 0.5) is 4.79 Å². The van der Waals surface area contributed by atoms with Gasteiger partial charge in [-0.25, -0.2) is 4.79 Å². The number of nitrogens with one attached hydrogen (secondary N) is 1. The molecule has 4 heterocycles. The lowest BCUT2D eigenvalue weighted by atomic mass is 9.78. The smallest absolute Gasteiger partial charge is 0.492 e. The monoisotopic (exact) mass is 738 g/mol. The van der Waals surface area contributed by atoms with Crippen molar-refractivity contribution in [1.82, 2.24) is 5.32 Å². The maximum atomic E-state index is 11.8. The van der Waals surface area contributed by atoms with Crippen molar-refractivity contribution in [3.63, 3.8) is 0 Å². The van der Waals surface area contributed by atoms with Gasteiger partial charge in [-0.2, -0.15) is 0 Å². The van der Waals surface area contributed by atoms with Crippen molar-refractivity contribution in [2.75, 3.05) is 39.5 Å². The van der Waals surface area contributed by atoms with Crippen LogP contribution in [0.5, 0.6) is 11.5 Å². The number of hydrogen-bond donors (Lipinski definition) is 2. The predicted molar refractivity (Wildman–Crippen MR) is 167 cm³/mol. The Hall–Kier alpha value is -1.22. The van der Waals surface area contributed by atoms with Gasteiger partial charge in [0.2, 0.25) is 0 Å². The summed E-state index contributed by atoms with van der Waals surface area (Å²) in [6.07, 6.45) is -0.905. The zero-order chi connectivity index (χ0) is 27.7. The molecule has 224 valence electrons. The standard InChI is InChI=1S/C15H19BBrNO5.C10H11BBrNO3.2ClH/c1-15(2,3)22-14(19)18-8-11-12-9(17)4-5-10-13(12)16(23-11)21-7-6-20-10;12-6-1-2-7-10-9(6)8(5-13)16-11(10)15-4-3-14-7;;/h4-5,11H,6-8H2,1-3H3,(H,18,19);1-2,8H,3-5,13H2;2*1H. The second-order valence-corrected chi connectivity index (χ2v) is 11.9. The number of carbonyl (C=O) groups is 1. The number of rotatable bonds is 3. The Balaban J connectivity index is 0.000000227. The van der Waals surface area contributed by atoms with Crippen molar-refractivity contribution in [1.29, 1.82) is 0 Å². The third-order valence-electron chi connectivity index (χ3n) is 6.34. The van der Waals surface area contributed by atoms with Crippen LogP contribution < -0.4 is 31.4 Å². The van der Waals surface area contributed by atoms with Crippen LogP contribution in [0.2, 0.25) is 0 Å². The van der Waals surface area contributed by atoms with Gasteiger partial charge < -0.3 is 43.9 Å². The van der Waals surface area contributed by atoms with E-state index in [4.69, 9.17) is 38.6 Å². The third kappa shape index (κ3) is 7.66. The van der Waals surface area contributed by atoms with Crippen LogP contribution in [-0.4, -0.2) is 65.4 Å². The largest absolute Gasteiger partial charge is 0.498 e. The number of ether oxygens (including phenoxy) is 3. The molecule has 3 N–H and O–H groups in total. The number of halogens is 4. The molecule has 0 saturated carbocycles. The average Bonchev–Trinajstić information content (AvgIpc) is 3.29. The molecule has 6 rings (SSSR count). The Morgan fingerprint density at radius 3 is 1.88 bits per heavy atom. The van der Waals surface area contributed by atoms with Gasteiger partial charge in [-0.1, -0.05) is 31.9 Å². The van der Waals surface area contributed by atoms with Gasteiger partial charge in [0.05, 0.1) is 25.4 Å². The molecule has 0 bridgehead atoms. The van der Waals surface area contributed by atoms with Gasteiger partial charge in [-0.15, -0.1) is 24.8 Å². The van der Waals surface area contributed by atoms with E-state index in [1.807, 2.05) is 45.0 Å². The highest BCUT2D eigenvalue weighted by molar-refractivity contribution is 9.10. The molecule has 2 unspecified atom stereocenters. The summed E-state index contributed by atoms with van der Waals surface area (Å²) in [4.78, 5) is 11.8. The normalized spacial score (nSPS) is 19.9. The highest BCUT2D eigenvalue weighted by Crippen LogP contribution is 2.36. The molecule has 0 saturated heterocycles. The summed E-state index contributed by atoms with van der Waals surface area (Å²) in [7, 11) is -0.802. The van der Waals surface area contributed by atoms with Crippen molar-refractivity contribution in [2.24, 2.45) is 5.73 Å². The van der Waals surface area contributed by atoms with E-state index in [0.717, 1.165) is 42.5 Å². The molecule has 2 aromatic rings. The fourth-order valence-corrected chi connectivity index (χ4v) is 6.02. The molecule has 1 amide bonds. The number of hydrogen-bond acceptors (Lipinski definition) is 9. The van der Waals surface area contributed by atoms with E-state index in [9.17, 15) is 4.79 Å². The van der Waals surface area contributed by atoms with Crippen LogP contribution in [0.3, 0.4) is 0 Å². The molecule has 10 nitrogen and oxygen atoms in total. The van der Waals surface area contributed by atoms with Gasteiger partial charge in [0.1, 0.15) is 30.3 Å². The molecule has 4 aliphatic heterocycles. The lowest BCUT2D eigenvalue weighted by Gasteiger charge is -2.21. The first-order valence-electron chi connectivity index (χ1n) is 12.8. The van der Waals surface area contributed by atoms with E-state index in [0.29, 0.717) is 39.5 Å². The van der Waals surface area contributed by atoms with E-state index in [2.05, 4.69) is 37.2 Å². The molecule has 2 aromatic carbocycles. The van der Waals surface area contributed by atoms with Crippen molar-refractivity contribution < 1.29 is 37.6 Å². The van der Waals surface area contributed by atoms with E-state index in [1.54, 1.807) is 0 Å². The molecule has 0 aromatic heterocycles. The van der Waals surface area contributed by atoms with Gasteiger partial charge in [0, 0.05) is 33.0 Å². The highest BCUT2D eigenvalue weighted by atomic mass is 79.9. The van der Waals surface area contributed by atoms with Gasteiger partial charge in [0.15, 0.2) is 0 Å². The first-order chi connectivity index (χ1) is 18.7. The predicted octanol–water partition coefficient (Wildman–Crippen LogP) is 3.58. The minimum absolute atomic E-state index is 0. The minimum atomic E-state index is -0.535. The summed E-state index contributed by atoms with van der Waals surface area (Å²) in [6, 6.07) is 7.73. The molecule has 0 radical (unpaired) electrons. The summed E-state index contributed by atoms with van der Waals surface area (Å²) in [5.41, 5.74) is 9.06. The highest BCUT2D eigenvalue weighted by Gasteiger charge is 2.43. The second kappa shape index (κ2) is 14.5. The first kappa shape index (κ1) is 34.3. The molecule has 2 atom stereocenters. The topological polar surface area (TPSA) is 120 Å². The number of benzene rings is 2. The maximum Gasteiger partial charge on any atom is 0.498 e. The summed E-state index contributed by atoms with van der Waals surface area (Å²) >= 11 is 7.07. The number of alkyl carbamates (subject to hydrolysis) is 1. The average molecular weight is 741 g/mol. The Kier molecular flexibility index (Phi) is 12.1. The van der Waals surface area contributed by atoms with Crippen LogP contribution >= 0.6 is 56.7 Å². The lowest BCUT2D eigenvalue weighted by Crippen LogP contribution is -2.35. The van der Waals surface area contributed by atoms with Crippen LogP contribution in [0, 0.1) is 0 Å². The summed E-state index contributed by atoms with van der Waals surface area (Å²) in [6.45, 7) is 8.25. The lowest BCUT2D eigenvalue weighted by molar-refractivity contribution is 0.0494. The van der Waals surface area contributed by atoms with E-state index >= 15 is 0 Å². The Bertz CT molecular complexity index is 1240. The minimum Gasteiger partial charge on any atom is -0.492 e. The summed E-state index contributed by atoms with van der Waals surface area (Å²) < 4.78 is 41.5. The molecular formula is C25H32B2Br2Cl2N2O8. The van der Waals surface area contributed by atoms with Crippen molar-refractivity contribution in [3.8, 4) is 11.5 Å². The fraction of sp³-hybridized carbons (Fsp3) is 0.480. The molecule has 0 aliphatic carbocycles. The van der Waals surface area contributed by atoms with E-state index in [1.165, 1.54) is 0 Å².